The fourth-order valence-electron chi connectivity index (χ4n) is 2.63. The van der Waals surface area contributed by atoms with Gasteiger partial charge in [0.15, 0.2) is 5.96 Å². The molecule has 0 aromatic carbocycles. The zero-order chi connectivity index (χ0) is 16.7. The van der Waals surface area contributed by atoms with Gasteiger partial charge in [-0.15, -0.1) is 11.3 Å². The zero-order valence-corrected chi connectivity index (χ0v) is 15.2. The van der Waals surface area contributed by atoms with Crippen molar-refractivity contribution < 1.29 is 4.79 Å². The Kier molecular flexibility index (Phi) is 6.89. The third-order valence-electron chi connectivity index (χ3n) is 4.04. The standard InChI is InChI=1S/C17H28N4OS/c1-13-9-10-15(23-13)11-18-17(19-12-16(22)21(2)3)20-14-7-5-4-6-8-14/h9-10,14H,4-8,11-12H2,1-3H3,(H2,18,19,20). The highest BCUT2D eigenvalue weighted by molar-refractivity contribution is 7.11. The summed E-state index contributed by atoms with van der Waals surface area (Å²) in [5.74, 6) is 0.764. The Hall–Kier alpha value is -1.56. The molecule has 1 aromatic heterocycles. The number of hydrogen-bond acceptors (Lipinski definition) is 3. The largest absolute Gasteiger partial charge is 0.354 e. The molecule has 1 fully saturated rings. The summed E-state index contributed by atoms with van der Waals surface area (Å²) in [4.78, 5) is 20.4. The Labute approximate surface area is 143 Å². The van der Waals surface area contributed by atoms with Crippen molar-refractivity contribution in [3.8, 4) is 0 Å². The van der Waals surface area contributed by atoms with E-state index in [0.29, 0.717) is 6.04 Å². The van der Waals surface area contributed by atoms with Gasteiger partial charge in [0.2, 0.25) is 5.91 Å². The van der Waals surface area contributed by atoms with Crippen molar-refractivity contribution >= 4 is 23.2 Å². The minimum atomic E-state index is 0.0155. The molecule has 1 aliphatic rings. The van der Waals surface area contributed by atoms with E-state index in [-0.39, 0.29) is 12.5 Å². The molecule has 5 nitrogen and oxygen atoms in total. The van der Waals surface area contributed by atoms with Crippen LogP contribution in [0.5, 0.6) is 0 Å². The van der Waals surface area contributed by atoms with E-state index in [1.54, 1.807) is 30.3 Å². The molecule has 23 heavy (non-hydrogen) atoms. The number of carbonyl (C=O) groups excluding carboxylic acids is 1. The number of nitrogens with zero attached hydrogens (tertiary/aromatic N) is 2. The van der Waals surface area contributed by atoms with Crippen LogP contribution in [0.3, 0.4) is 0 Å². The van der Waals surface area contributed by atoms with Gasteiger partial charge in [-0.25, -0.2) is 4.99 Å². The molecule has 0 aliphatic heterocycles. The van der Waals surface area contributed by atoms with Crippen molar-refractivity contribution in [1.29, 1.82) is 0 Å². The third-order valence-corrected chi connectivity index (χ3v) is 5.04. The first-order valence-electron chi connectivity index (χ1n) is 8.35. The summed E-state index contributed by atoms with van der Waals surface area (Å²) in [5.41, 5.74) is 0. The zero-order valence-electron chi connectivity index (χ0n) is 14.4. The lowest BCUT2D eigenvalue weighted by molar-refractivity contribution is -0.127. The Morgan fingerprint density at radius 1 is 1.30 bits per heavy atom. The summed E-state index contributed by atoms with van der Waals surface area (Å²) in [6, 6.07) is 4.73. The fraction of sp³-hybridized carbons (Fsp3) is 0.647. The number of aryl methyl sites for hydroxylation is 1. The highest BCUT2D eigenvalue weighted by atomic mass is 32.1. The van der Waals surface area contributed by atoms with Crippen LogP contribution >= 0.6 is 11.3 Å². The molecule has 2 rings (SSSR count). The maximum Gasteiger partial charge on any atom is 0.243 e. The number of rotatable bonds is 5. The molecular weight excluding hydrogens is 308 g/mol. The first kappa shape index (κ1) is 17.8. The van der Waals surface area contributed by atoms with Crippen LogP contribution in [0.25, 0.3) is 0 Å². The number of nitrogens with one attached hydrogen (secondary N) is 2. The van der Waals surface area contributed by atoms with Crippen molar-refractivity contribution in [3.05, 3.63) is 21.9 Å². The van der Waals surface area contributed by atoms with Gasteiger partial charge in [0.05, 0.1) is 6.54 Å². The monoisotopic (exact) mass is 336 g/mol. The van der Waals surface area contributed by atoms with Crippen LogP contribution in [0.4, 0.5) is 0 Å². The van der Waals surface area contributed by atoms with Crippen LogP contribution in [-0.2, 0) is 11.3 Å². The number of aliphatic imine (C=N–C) groups is 1. The normalized spacial score (nSPS) is 16.2. The average Bonchev–Trinajstić information content (AvgIpc) is 2.96. The number of thiophene rings is 1. The molecular formula is C17H28N4OS. The van der Waals surface area contributed by atoms with Gasteiger partial charge in [-0.3, -0.25) is 4.79 Å². The van der Waals surface area contributed by atoms with Crippen molar-refractivity contribution in [1.82, 2.24) is 15.5 Å². The van der Waals surface area contributed by atoms with Crippen molar-refractivity contribution in [2.24, 2.45) is 4.99 Å². The van der Waals surface area contributed by atoms with Crippen LogP contribution in [-0.4, -0.2) is 43.4 Å². The van der Waals surface area contributed by atoms with Gasteiger partial charge in [0.1, 0.15) is 6.54 Å². The van der Waals surface area contributed by atoms with Gasteiger partial charge >= 0.3 is 0 Å². The topological polar surface area (TPSA) is 56.7 Å². The number of guanidine groups is 1. The van der Waals surface area contributed by atoms with E-state index in [1.807, 2.05) is 0 Å². The molecule has 1 amide bonds. The number of likely N-dealkylation sites (N-methyl/N-ethyl adjacent to an activating group) is 1. The molecule has 6 heteroatoms. The highest BCUT2D eigenvalue weighted by Gasteiger charge is 2.15. The van der Waals surface area contributed by atoms with Gasteiger partial charge in [-0.2, -0.15) is 0 Å². The third kappa shape index (κ3) is 6.22. The second-order valence-electron chi connectivity index (χ2n) is 6.30. The van der Waals surface area contributed by atoms with Crippen LogP contribution in [0, 0.1) is 6.92 Å². The SMILES string of the molecule is Cc1ccc(CNC(=NCC(=O)N(C)C)NC2CCCCC2)s1. The van der Waals surface area contributed by atoms with E-state index < -0.39 is 0 Å². The maximum atomic E-state index is 11.8. The molecule has 1 heterocycles. The minimum absolute atomic E-state index is 0.0155. The molecule has 2 N–H and O–H groups in total. The lowest BCUT2D eigenvalue weighted by Crippen LogP contribution is -2.44. The van der Waals surface area contributed by atoms with Crippen LogP contribution in [0.2, 0.25) is 0 Å². The van der Waals surface area contributed by atoms with E-state index in [1.165, 1.54) is 41.9 Å². The summed E-state index contributed by atoms with van der Waals surface area (Å²) in [6.07, 6.45) is 6.23. The summed E-state index contributed by atoms with van der Waals surface area (Å²) in [7, 11) is 3.52. The van der Waals surface area contributed by atoms with E-state index in [2.05, 4.69) is 34.7 Å². The molecule has 0 unspecified atom stereocenters. The second-order valence-corrected chi connectivity index (χ2v) is 7.67. The van der Waals surface area contributed by atoms with Crippen LogP contribution in [0.1, 0.15) is 41.9 Å². The predicted octanol–water partition coefficient (Wildman–Crippen LogP) is 2.51. The van der Waals surface area contributed by atoms with Crippen molar-refractivity contribution in [2.45, 2.75) is 51.6 Å². The number of hydrogen-bond donors (Lipinski definition) is 2. The molecule has 128 valence electrons. The first-order valence-corrected chi connectivity index (χ1v) is 9.16. The van der Waals surface area contributed by atoms with Gasteiger partial charge in [-0.05, 0) is 31.9 Å². The quantitative estimate of drug-likeness (QED) is 0.642. The molecule has 0 saturated heterocycles. The van der Waals surface area contributed by atoms with E-state index >= 15 is 0 Å². The number of amides is 1. The van der Waals surface area contributed by atoms with Gasteiger partial charge in [-0.1, -0.05) is 19.3 Å². The minimum Gasteiger partial charge on any atom is -0.354 e. The maximum absolute atomic E-state index is 11.8. The molecule has 0 atom stereocenters. The van der Waals surface area contributed by atoms with E-state index in [9.17, 15) is 4.79 Å². The fourth-order valence-corrected chi connectivity index (χ4v) is 3.46. The van der Waals surface area contributed by atoms with E-state index in [4.69, 9.17) is 0 Å². The molecule has 1 aliphatic carbocycles. The Morgan fingerprint density at radius 3 is 2.65 bits per heavy atom. The molecule has 0 bridgehead atoms. The number of carbonyl (C=O) groups is 1. The van der Waals surface area contributed by atoms with Gasteiger partial charge < -0.3 is 15.5 Å². The van der Waals surface area contributed by atoms with Crippen molar-refractivity contribution in [3.63, 3.8) is 0 Å². The molecule has 1 aromatic rings. The first-order chi connectivity index (χ1) is 11.0. The van der Waals surface area contributed by atoms with Gasteiger partial charge in [0.25, 0.3) is 0 Å². The van der Waals surface area contributed by atoms with Gasteiger partial charge in [0, 0.05) is 29.9 Å². The Balaban J connectivity index is 1.94. The smallest absolute Gasteiger partial charge is 0.243 e. The lowest BCUT2D eigenvalue weighted by atomic mass is 9.96. The Bertz CT molecular complexity index is 532. The summed E-state index contributed by atoms with van der Waals surface area (Å²) in [5, 5.41) is 6.87. The predicted molar refractivity (Wildman–Crippen MR) is 96.9 cm³/mol. The average molecular weight is 337 g/mol. The second kappa shape index (κ2) is 8.91. The Morgan fingerprint density at radius 2 is 2.04 bits per heavy atom. The molecule has 0 radical (unpaired) electrons. The molecule has 1 saturated carbocycles. The van der Waals surface area contributed by atoms with E-state index in [0.717, 1.165) is 12.5 Å². The van der Waals surface area contributed by atoms with Crippen LogP contribution < -0.4 is 10.6 Å². The summed E-state index contributed by atoms with van der Waals surface area (Å²) in [6.45, 7) is 3.03. The summed E-state index contributed by atoms with van der Waals surface area (Å²) < 4.78 is 0. The van der Waals surface area contributed by atoms with Crippen LogP contribution in [0.15, 0.2) is 17.1 Å². The highest BCUT2D eigenvalue weighted by Crippen LogP contribution is 2.17. The lowest BCUT2D eigenvalue weighted by Gasteiger charge is -2.25. The van der Waals surface area contributed by atoms with Crippen molar-refractivity contribution in [2.75, 3.05) is 20.6 Å². The summed E-state index contributed by atoms with van der Waals surface area (Å²) >= 11 is 1.78. The molecule has 0 spiro atoms.